The van der Waals surface area contributed by atoms with Crippen LogP contribution in [0.2, 0.25) is 0 Å². The number of halogens is 1. The second-order valence-corrected chi connectivity index (χ2v) is 5.54. The summed E-state index contributed by atoms with van der Waals surface area (Å²) in [6, 6.07) is 4.91. The number of hydrogen-bond donors (Lipinski definition) is 2. The summed E-state index contributed by atoms with van der Waals surface area (Å²) in [6.45, 7) is 1.38. The summed E-state index contributed by atoms with van der Waals surface area (Å²) in [6.07, 6.45) is 3.15. The van der Waals surface area contributed by atoms with E-state index in [0.29, 0.717) is 21.1 Å². The molecular formula is C14H11FN4OS. The van der Waals surface area contributed by atoms with E-state index in [1.165, 1.54) is 30.5 Å². The minimum absolute atomic E-state index is 0.240. The minimum atomic E-state index is -0.447. The number of hydrogen-bond acceptors (Lipinski definition) is 5. The van der Waals surface area contributed by atoms with Crippen LogP contribution in [-0.2, 0) is 4.79 Å². The van der Waals surface area contributed by atoms with Crippen LogP contribution in [0.25, 0.3) is 21.3 Å². The maximum Gasteiger partial charge on any atom is 0.223 e. The first-order chi connectivity index (χ1) is 10.0. The first-order valence-corrected chi connectivity index (χ1v) is 6.93. The molecule has 0 saturated heterocycles. The first kappa shape index (κ1) is 13.4. The third-order valence-corrected chi connectivity index (χ3v) is 3.74. The number of fused-ring (bicyclic) bond motifs is 1. The Bertz CT molecular complexity index is 846. The number of aromatic nitrogens is 2. The predicted octanol–water partition coefficient (Wildman–Crippen LogP) is 3.04. The molecule has 7 heteroatoms. The summed E-state index contributed by atoms with van der Waals surface area (Å²) < 4.78 is 14.8. The fraction of sp³-hybridized carbons (Fsp3) is 0.0714. The van der Waals surface area contributed by atoms with Gasteiger partial charge in [-0.3, -0.25) is 9.78 Å². The molecule has 1 aromatic carbocycles. The predicted molar refractivity (Wildman–Crippen MR) is 81.5 cm³/mol. The zero-order valence-electron chi connectivity index (χ0n) is 11.1. The number of benzene rings is 1. The van der Waals surface area contributed by atoms with Gasteiger partial charge in [-0.2, -0.15) is 0 Å². The average Bonchev–Trinajstić information content (AvgIpc) is 2.80. The van der Waals surface area contributed by atoms with Gasteiger partial charge in [-0.15, -0.1) is 0 Å². The van der Waals surface area contributed by atoms with Crippen molar-refractivity contribution < 1.29 is 9.18 Å². The summed E-state index contributed by atoms with van der Waals surface area (Å²) in [5.41, 5.74) is 7.83. The number of nitrogen functional groups attached to an aromatic ring is 1. The van der Waals surface area contributed by atoms with Crippen LogP contribution in [0.1, 0.15) is 6.92 Å². The van der Waals surface area contributed by atoms with Gasteiger partial charge < -0.3 is 11.1 Å². The molecule has 3 aromatic rings. The second kappa shape index (κ2) is 5.10. The second-order valence-electron chi connectivity index (χ2n) is 4.51. The van der Waals surface area contributed by atoms with Crippen molar-refractivity contribution in [2.24, 2.45) is 0 Å². The molecule has 1 amide bonds. The molecule has 5 nitrogen and oxygen atoms in total. The van der Waals surface area contributed by atoms with E-state index in [-0.39, 0.29) is 11.4 Å². The van der Waals surface area contributed by atoms with E-state index in [1.807, 2.05) is 0 Å². The van der Waals surface area contributed by atoms with Crippen LogP contribution in [-0.4, -0.2) is 15.9 Å². The lowest BCUT2D eigenvalue weighted by molar-refractivity contribution is -0.114. The summed E-state index contributed by atoms with van der Waals surface area (Å²) in [7, 11) is 0. The standard InChI is InChI=1S/C14H11FN4OS/c1-7(20)18-14-19-13-11(15)3-8(4-12(13)21-14)9-2-10(16)6-17-5-9/h2-6H,16H2,1H3,(H,18,19,20). The van der Waals surface area contributed by atoms with E-state index in [9.17, 15) is 9.18 Å². The van der Waals surface area contributed by atoms with Crippen molar-refractivity contribution in [1.29, 1.82) is 0 Å². The molecule has 0 saturated carbocycles. The van der Waals surface area contributed by atoms with Gasteiger partial charge in [0.25, 0.3) is 0 Å². The monoisotopic (exact) mass is 302 g/mol. The third-order valence-electron chi connectivity index (χ3n) is 2.82. The number of amides is 1. The maximum atomic E-state index is 14.2. The summed E-state index contributed by atoms with van der Waals surface area (Å²) >= 11 is 1.22. The van der Waals surface area contributed by atoms with Gasteiger partial charge in [-0.1, -0.05) is 11.3 Å². The lowest BCUT2D eigenvalue weighted by Gasteiger charge is -2.02. The van der Waals surface area contributed by atoms with E-state index >= 15 is 0 Å². The Morgan fingerprint density at radius 3 is 2.81 bits per heavy atom. The SMILES string of the molecule is CC(=O)Nc1nc2c(F)cc(-c3cncc(N)c3)cc2s1. The van der Waals surface area contributed by atoms with Crippen molar-refractivity contribution in [2.75, 3.05) is 11.1 Å². The number of carbonyl (C=O) groups is 1. The molecule has 2 heterocycles. The fourth-order valence-corrected chi connectivity index (χ4v) is 2.94. The molecule has 106 valence electrons. The van der Waals surface area contributed by atoms with E-state index in [2.05, 4.69) is 15.3 Å². The van der Waals surface area contributed by atoms with Gasteiger partial charge in [0.2, 0.25) is 5.91 Å². The van der Waals surface area contributed by atoms with Crippen molar-refractivity contribution in [1.82, 2.24) is 9.97 Å². The molecule has 0 aliphatic rings. The minimum Gasteiger partial charge on any atom is -0.397 e. The zero-order valence-corrected chi connectivity index (χ0v) is 11.9. The highest BCUT2D eigenvalue weighted by Crippen LogP contribution is 2.32. The number of anilines is 2. The van der Waals surface area contributed by atoms with Gasteiger partial charge in [0.1, 0.15) is 5.52 Å². The highest BCUT2D eigenvalue weighted by atomic mass is 32.1. The molecule has 0 unspecified atom stereocenters. The smallest absolute Gasteiger partial charge is 0.223 e. The highest BCUT2D eigenvalue weighted by molar-refractivity contribution is 7.22. The van der Waals surface area contributed by atoms with Crippen LogP contribution >= 0.6 is 11.3 Å². The Kier molecular flexibility index (Phi) is 3.26. The summed E-state index contributed by atoms with van der Waals surface area (Å²) in [4.78, 5) is 19.1. The van der Waals surface area contributed by atoms with Gasteiger partial charge in [0.05, 0.1) is 10.4 Å². The fourth-order valence-electron chi connectivity index (χ4n) is 1.97. The highest BCUT2D eigenvalue weighted by Gasteiger charge is 2.12. The molecule has 21 heavy (non-hydrogen) atoms. The number of thiazole rings is 1. The van der Waals surface area contributed by atoms with Crippen molar-refractivity contribution in [3.05, 3.63) is 36.4 Å². The lowest BCUT2D eigenvalue weighted by Crippen LogP contribution is -2.04. The number of nitrogens with two attached hydrogens (primary N) is 1. The number of nitrogens with zero attached hydrogens (tertiary/aromatic N) is 2. The average molecular weight is 302 g/mol. The molecule has 0 bridgehead atoms. The summed E-state index contributed by atoms with van der Waals surface area (Å²) in [5, 5.41) is 2.93. The first-order valence-electron chi connectivity index (χ1n) is 6.11. The summed E-state index contributed by atoms with van der Waals surface area (Å²) in [5.74, 6) is -0.688. The Labute approximate surface area is 123 Å². The Morgan fingerprint density at radius 2 is 2.10 bits per heavy atom. The van der Waals surface area contributed by atoms with Crippen LogP contribution in [0.15, 0.2) is 30.6 Å². The molecule has 0 aliphatic heterocycles. The zero-order chi connectivity index (χ0) is 15.0. The van der Waals surface area contributed by atoms with Gasteiger partial charge in [0, 0.05) is 24.9 Å². The van der Waals surface area contributed by atoms with E-state index in [1.54, 1.807) is 18.3 Å². The van der Waals surface area contributed by atoms with Crippen molar-refractivity contribution in [2.45, 2.75) is 6.92 Å². The molecule has 3 rings (SSSR count). The molecule has 3 N–H and O–H groups in total. The topological polar surface area (TPSA) is 80.9 Å². The van der Waals surface area contributed by atoms with E-state index < -0.39 is 5.82 Å². The number of pyridine rings is 1. The molecule has 0 spiro atoms. The number of rotatable bonds is 2. The van der Waals surface area contributed by atoms with Crippen molar-refractivity contribution in [3.8, 4) is 11.1 Å². The molecular weight excluding hydrogens is 291 g/mol. The normalized spacial score (nSPS) is 10.8. The van der Waals surface area contributed by atoms with Gasteiger partial charge in [-0.25, -0.2) is 9.37 Å². The van der Waals surface area contributed by atoms with Crippen LogP contribution in [0.5, 0.6) is 0 Å². The van der Waals surface area contributed by atoms with Crippen molar-refractivity contribution >= 4 is 38.3 Å². The Hall–Kier alpha value is -2.54. The molecule has 0 aliphatic carbocycles. The van der Waals surface area contributed by atoms with Crippen molar-refractivity contribution in [3.63, 3.8) is 0 Å². The van der Waals surface area contributed by atoms with Gasteiger partial charge in [-0.05, 0) is 23.8 Å². The van der Waals surface area contributed by atoms with E-state index in [4.69, 9.17) is 5.73 Å². The quantitative estimate of drug-likeness (QED) is 0.762. The third kappa shape index (κ3) is 2.68. The van der Waals surface area contributed by atoms with Crippen LogP contribution in [0.3, 0.4) is 0 Å². The van der Waals surface area contributed by atoms with Crippen LogP contribution in [0, 0.1) is 5.82 Å². The molecule has 0 fully saturated rings. The Morgan fingerprint density at radius 1 is 1.29 bits per heavy atom. The number of carbonyl (C=O) groups excluding carboxylic acids is 1. The van der Waals surface area contributed by atoms with Crippen LogP contribution in [0.4, 0.5) is 15.2 Å². The largest absolute Gasteiger partial charge is 0.397 e. The maximum absolute atomic E-state index is 14.2. The van der Waals surface area contributed by atoms with E-state index in [0.717, 1.165) is 5.56 Å². The molecule has 0 radical (unpaired) electrons. The molecule has 2 aromatic heterocycles. The Balaban J connectivity index is 2.12. The molecule has 0 atom stereocenters. The van der Waals surface area contributed by atoms with Gasteiger partial charge in [0.15, 0.2) is 10.9 Å². The van der Waals surface area contributed by atoms with Gasteiger partial charge >= 0.3 is 0 Å². The lowest BCUT2D eigenvalue weighted by atomic mass is 10.1. The number of nitrogens with one attached hydrogen (secondary N) is 1. The van der Waals surface area contributed by atoms with Crippen LogP contribution < -0.4 is 11.1 Å².